The standard InChI is InChI=1S/C11H23F3N2/c1-9(2)16(8-11(12,13)14)7-10(3,4)6-15-5/h9,15H,6-8H2,1-5H3. The largest absolute Gasteiger partial charge is 0.401 e. The van der Waals surface area contributed by atoms with Crippen molar-refractivity contribution in [2.24, 2.45) is 5.41 Å². The second-order valence-corrected chi connectivity index (χ2v) is 5.31. The summed E-state index contributed by atoms with van der Waals surface area (Å²) in [5.41, 5.74) is -0.162. The number of hydrogen-bond donors (Lipinski definition) is 1. The summed E-state index contributed by atoms with van der Waals surface area (Å²) in [5, 5.41) is 3.01. The van der Waals surface area contributed by atoms with E-state index in [1.54, 1.807) is 13.8 Å². The molecule has 1 N–H and O–H groups in total. The van der Waals surface area contributed by atoms with Crippen molar-refractivity contribution in [1.82, 2.24) is 10.2 Å². The summed E-state index contributed by atoms with van der Waals surface area (Å²) in [5.74, 6) is 0. The quantitative estimate of drug-likeness (QED) is 0.767. The summed E-state index contributed by atoms with van der Waals surface area (Å²) in [6.45, 7) is 7.82. The highest BCUT2D eigenvalue weighted by Crippen LogP contribution is 2.22. The van der Waals surface area contributed by atoms with Gasteiger partial charge < -0.3 is 5.32 Å². The summed E-state index contributed by atoms with van der Waals surface area (Å²) >= 11 is 0. The van der Waals surface area contributed by atoms with Gasteiger partial charge in [0.15, 0.2) is 0 Å². The maximum absolute atomic E-state index is 12.4. The lowest BCUT2D eigenvalue weighted by atomic mass is 9.92. The molecule has 0 radical (unpaired) electrons. The van der Waals surface area contributed by atoms with Crippen molar-refractivity contribution in [3.8, 4) is 0 Å². The smallest absolute Gasteiger partial charge is 0.319 e. The molecule has 0 aliphatic rings. The van der Waals surface area contributed by atoms with Gasteiger partial charge in [-0.05, 0) is 26.3 Å². The maximum atomic E-state index is 12.4. The molecule has 0 aliphatic carbocycles. The molecule has 2 nitrogen and oxygen atoms in total. The van der Waals surface area contributed by atoms with Gasteiger partial charge in [-0.25, -0.2) is 0 Å². The van der Waals surface area contributed by atoms with Gasteiger partial charge in [-0.3, -0.25) is 4.90 Å². The zero-order valence-corrected chi connectivity index (χ0v) is 10.8. The van der Waals surface area contributed by atoms with E-state index in [0.717, 1.165) is 0 Å². The van der Waals surface area contributed by atoms with Crippen LogP contribution in [0.4, 0.5) is 13.2 Å². The summed E-state index contributed by atoms with van der Waals surface area (Å²) in [4.78, 5) is 1.47. The zero-order chi connectivity index (χ0) is 13.0. The van der Waals surface area contributed by atoms with Crippen LogP contribution in [0.2, 0.25) is 0 Å². The molecule has 0 unspecified atom stereocenters. The van der Waals surface area contributed by atoms with E-state index in [2.05, 4.69) is 5.32 Å². The summed E-state index contributed by atoms with van der Waals surface area (Å²) in [6.07, 6.45) is -4.13. The first-order valence-electron chi connectivity index (χ1n) is 5.53. The minimum Gasteiger partial charge on any atom is -0.319 e. The van der Waals surface area contributed by atoms with E-state index in [1.807, 2.05) is 20.9 Å². The predicted octanol–water partition coefficient (Wildman–Crippen LogP) is 2.50. The van der Waals surface area contributed by atoms with Crippen LogP contribution in [0.1, 0.15) is 27.7 Å². The van der Waals surface area contributed by atoms with Gasteiger partial charge in [-0.15, -0.1) is 0 Å². The van der Waals surface area contributed by atoms with Crippen LogP contribution in [-0.4, -0.2) is 43.8 Å². The van der Waals surface area contributed by atoms with Crippen LogP contribution in [0.3, 0.4) is 0 Å². The van der Waals surface area contributed by atoms with Crippen molar-refractivity contribution in [3.63, 3.8) is 0 Å². The third-order valence-electron chi connectivity index (χ3n) is 2.40. The molecule has 0 aromatic carbocycles. The minimum atomic E-state index is -4.13. The van der Waals surface area contributed by atoms with Crippen LogP contribution >= 0.6 is 0 Å². The summed E-state index contributed by atoms with van der Waals surface area (Å²) in [6, 6.07) is -0.0993. The molecule has 0 aliphatic heterocycles. The van der Waals surface area contributed by atoms with Crippen LogP contribution in [0.25, 0.3) is 0 Å². The fraction of sp³-hybridized carbons (Fsp3) is 1.00. The van der Waals surface area contributed by atoms with Crippen molar-refractivity contribution >= 4 is 0 Å². The molecular weight excluding hydrogens is 217 g/mol. The van der Waals surface area contributed by atoms with Crippen LogP contribution in [-0.2, 0) is 0 Å². The Morgan fingerprint density at radius 2 is 1.62 bits per heavy atom. The highest BCUT2D eigenvalue weighted by molar-refractivity contribution is 4.78. The molecule has 0 aromatic heterocycles. The third-order valence-corrected chi connectivity index (χ3v) is 2.40. The molecule has 16 heavy (non-hydrogen) atoms. The lowest BCUT2D eigenvalue weighted by molar-refractivity contribution is -0.152. The summed E-state index contributed by atoms with van der Waals surface area (Å²) < 4.78 is 37.1. The molecule has 0 atom stereocenters. The average molecular weight is 240 g/mol. The van der Waals surface area contributed by atoms with Gasteiger partial charge in [0.1, 0.15) is 0 Å². The molecule has 0 spiro atoms. The van der Waals surface area contributed by atoms with E-state index < -0.39 is 12.7 Å². The number of nitrogens with one attached hydrogen (secondary N) is 1. The van der Waals surface area contributed by atoms with Crippen molar-refractivity contribution < 1.29 is 13.2 Å². The Balaban J connectivity index is 4.45. The highest BCUT2D eigenvalue weighted by atomic mass is 19.4. The van der Waals surface area contributed by atoms with Crippen molar-refractivity contribution in [2.45, 2.75) is 39.9 Å². The Labute approximate surface area is 96.2 Å². The van der Waals surface area contributed by atoms with Gasteiger partial charge in [-0.1, -0.05) is 13.8 Å². The van der Waals surface area contributed by atoms with E-state index >= 15 is 0 Å². The van der Waals surface area contributed by atoms with Crippen LogP contribution in [0.15, 0.2) is 0 Å². The molecule has 0 rings (SSSR count). The Kier molecular flexibility index (Phi) is 5.76. The Morgan fingerprint density at radius 1 is 1.12 bits per heavy atom. The molecule has 5 heteroatoms. The second-order valence-electron chi connectivity index (χ2n) is 5.31. The van der Waals surface area contributed by atoms with Gasteiger partial charge in [0, 0.05) is 19.1 Å². The summed E-state index contributed by atoms with van der Waals surface area (Å²) in [7, 11) is 1.81. The normalized spacial score (nSPS) is 13.9. The minimum absolute atomic E-state index is 0.0993. The topological polar surface area (TPSA) is 15.3 Å². The number of nitrogens with zero attached hydrogens (tertiary/aromatic N) is 1. The van der Waals surface area contributed by atoms with E-state index in [0.29, 0.717) is 13.1 Å². The fourth-order valence-corrected chi connectivity index (χ4v) is 1.74. The Bertz CT molecular complexity index is 200. The highest BCUT2D eigenvalue weighted by Gasteiger charge is 2.34. The number of rotatable bonds is 6. The van der Waals surface area contributed by atoms with Crippen molar-refractivity contribution in [2.75, 3.05) is 26.7 Å². The van der Waals surface area contributed by atoms with Gasteiger partial charge in [0.2, 0.25) is 0 Å². The molecule has 0 saturated carbocycles. The Hall–Kier alpha value is -0.290. The first kappa shape index (κ1) is 15.7. The number of halogens is 3. The average Bonchev–Trinajstić information content (AvgIpc) is 1.98. The molecule has 0 saturated heterocycles. The number of hydrogen-bond acceptors (Lipinski definition) is 2. The molecule has 0 fully saturated rings. The second kappa shape index (κ2) is 5.87. The lowest BCUT2D eigenvalue weighted by Crippen LogP contribution is -2.46. The van der Waals surface area contributed by atoms with Gasteiger partial charge in [-0.2, -0.15) is 13.2 Å². The molecule has 0 bridgehead atoms. The molecule has 0 aromatic rings. The third kappa shape index (κ3) is 7.06. The van der Waals surface area contributed by atoms with E-state index in [9.17, 15) is 13.2 Å². The molecule has 0 heterocycles. The molecular formula is C11H23F3N2. The number of alkyl halides is 3. The monoisotopic (exact) mass is 240 g/mol. The van der Waals surface area contributed by atoms with Crippen LogP contribution in [0, 0.1) is 5.41 Å². The van der Waals surface area contributed by atoms with Gasteiger partial charge in [0.05, 0.1) is 6.54 Å². The first-order valence-corrected chi connectivity index (χ1v) is 5.53. The zero-order valence-electron chi connectivity index (χ0n) is 10.8. The molecule has 98 valence electrons. The van der Waals surface area contributed by atoms with Crippen molar-refractivity contribution in [3.05, 3.63) is 0 Å². The molecule has 0 amide bonds. The Morgan fingerprint density at radius 3 is 1.94 bits per heavy atom. The lowest BCUT2D eigenvalue weighted by Gasteiger charge is -2.35. The van der Waals surface area contributed by atoms with E-state index in [-0.39, 0.29) is 11.5 Å². The van der Waals surface area contributed by atoms with E-state index in [1.165, 1.54) is 4.90 Å². The SMILES string of the molecule is CNCC(C)(C)CN(CC(F)(F)F)C(C)C. The first-order chi connectivity index (χ1) is 7.07. The van der Waals surface area contributed by atoms with Crippen LogP contribution < -0.4 is 5.32 Å². The van der Waals surface area contributed by atoms with Gasteiger partial charge >= 0.3 is 6.18 Å². The predicted molar refractivity (Wildman–Crippen MR) is 60.5 cm³/mol. The van der Waals surface area contributed by atoms with Crippen molar-refractivity contribution in [1.29, 1.82) is 0 Å². The van der Waals surface area contributed by atoms with E-state index in [4.69, 9.17) is 0 Å². The van der Waals surface area contributed by atoms with Crippen LogP contribution in [0.5, 0.6) is 0 Å². The fourth-order valence-electron chi connectivity index (χ4n) is 1.74. The van der Waals surface area contributed by atoms with Gasteiger partial charge in [0.25, 0.3) is 0 Å². The maximum Gasteiger partial charge on any atom is 0.401 e.